The van der Waals surface area contributed by atoms with Crippen LogP contribution in [0, 0.1) is 0 Å². The first-order valence-corrected chi connectivity index (χ1v) is 12.2. The number of H-pyrrole nitrogens is 3. The average Bonchev–Trinajstić information content (AvgIpc) is 3.60. The van der Waals surface area contributed by atoms with Crippen molar-refractivity contribution in [2.24, 2.45) is 5.73 Å². The highest BCUT2D eigenvalue weighted by Crippen LogP contribution is 2.25. The number of para-hydroxylation sites is 6. The molecule has 6 aromatic rings. The van der Waals surface area contributed by atoms with Crippen molar-refractivity contribution < 1.29 is 0 Å². The van der Waals surface area contributed by atoms with E-state index in [4.69, 9.17) is 20.7 Å². The summed E-state index contributed by atoms with van der Waals surface area (Å²) in [6.45, 7) is 0. The summed E-state index contributed by atoms with van der Waals surface area (Å²) in [5, 5.41) is 0. The SMILES string of the molecule is NC(CCc1nc2ccccc2[nH]1)(CCc1nc2ccccc2[nH]1)CCc1nc2ccccc2[nH]1. The highest BCUT2D eigenvalue weighted by Gasteiger charge is 2.26. The second kappa shape index (κ2) is 9.00. The lowest BCUT2D eigenvalue weighted by Gasteiger charge is -2.29. The highest BCUT2D eigenvalue weighted by molar-refractivity contribution is 5.76. The summed E-state index contributed by atoms with van der Waals surface area (Å²) in [4.78, 5) is 24.6. The molecule has 35 heavy (non-hydrogen) atoms. The largest absolute Gasteiger partial charge is 0.342 e. The van der Waals surface area contributed by atoms with Crippen molar-refractivity contribution in [3.05, 3.63) is 90.3 Å². The third kappa shape index (κ3) is 4.68. The fourth-order valence-corrected chi connectivity index (χ4v) is 4.85. The van der Waals surface area contributed by atoms with Crippen LogP contribution in [-0.4, -0.2) is 35.4 Å². The summed E-state index contributed by atoms with van der Waals surface area (Å²) in [5.41, 5.74) is 12.9. The van der Waals surface area contributed by atoms with Gasteiger partial charge in [0.25, 0.3) is 0 Å². The van der Waals surface area contributed by atoms with Crippen molar-refractivity contribution in [2.45, 2.75) is 44.1 Å². The number of aromatic amines is 3. The fraction of sp³-hybridized carbons (Fsp3) is 0.250. The normalized spacial score (nSPS) is 12.3. The molecule has 0 amide bonds. The summed E-state index contributed by atoms with van der Waals surface area (Å²) in [7, 11) is 0. The Bertz CT molecular complexity index is 1300. The molecular formula is C28H29N7. The lowest BCUT2D eigenvalue weighted by atomic mass is 9.84. The van der Waals surface area contributed by atoms with Crippen LogP contribution >= 0.6 is 0 Å². The number of aromatic nitrogens is 6. The number of imidazole rings is 3. The van der Waals surface area contributed by atoms with E-state index in [1.165, 1.54) is 0 Å². The predicted molar refractivity (Wildman–Crippen MR) is 140 cm³/mol. The Balaban J connectivity index is 1.20. The first-order valence-electron chi connectivity index (χ1n) is 12.2. The Morgan fingerprint density at radius 1 is 0.514 bits per heavy atom. The number of nitrogens with one attached hydrogen (secondary N) is 3. The van der Waals surface area contributed by atoms with Gasteiger partial charge in [0.05, 0.1) is 33.1 Å². The Hall–Kier alpha value is -3.97. The number of nitrogens with two attached hydrogens (primary N) is 1. The number of aryl methyl sites for hydroxylation is 3. The molecular weight excluding hydrogens is 434 g/mol. The average molecular weight is 464 g/mol. The lowest BCUT2D eigenvalue weighted by molar-refractivity contribution is 0.334. The molecule has 3 aromatic carbocycles. The Morgan fingerprint density at radius 2 is 0.829 bits per heavy atom. The number of benzene rings is 3. The van der Waals surface area contributed by atoms with Gasteiger partial charge in [0.1, 0.15) is 17.5 Å². The summed E-state index contributed by atoms with van der Waals surface area (Å²) in [6.07, 6.45) is 4.87. The lowest BCUT2D eigenvalue weighted by Crippen LogP contribution is -2.41. The maximum atomic E-state index is 7.10. The minimum atomic E-state index is -0.378. The third-order valence-electron chi connectivity index (χ3n) is 6.89. The molecule has 0 radical (unpaired) electrons. The van der Waals surface area contributed by atoms with E-state index >= 15 is 0 Å². The minimum absolute atomic E-state index is 0.378. The fourth-order valence-electron chi connectivity index (χ4n) is 4.85. The summed E-state index contributed by atoms with van der Waals surface area (Å²) in [5.74, 6) is 2.94. The maximum absolute atomic E-state index is 7.10. The minimum Gasteiger partial charge on any atom is -0.342 e. The molecule has 0 bridgehead atoms. The molecule has 0 atom stereocenters. The highest BCUT2D eigenvalue weighted by atomic mass is 14.9. The Labute approximate surface area is 203 Å². The second-order valence-electron chi connectivity index (χ2n) is 9.46. The van der Waals surface area contributed by atoms with Crippen LogP contribution in [0.15, 0.2) is 72.8 Å². The standard InChI is InChI=1S/C28H29N7/c29-28(16-13-25-30-19-7-1-2-8-20(19)31-25,17-14-26-32-21-9-3-4-10-22(21)33-26)18-15-27-34-23-11-5-6-12-24(23)35-27/h1-12H,13-18,29H2,(H,30,31)(H,32,33)(H,34,35). The molecule has 0 spiro atoms. The van der Waals surface area contributed by atoms with Crippen LogP contribution in [0.2, 0.25) is 0 Å². The van der Waals surface area contributed by atoms with E-state index in [0.717, 1.165) is 89.1 Å². The van der Waals surface area contributed by atoms with Crippen molar-refractivity contribution in [1.82, 2.24) is 29.9 Å². The van der Waals surface area contributed by atoms with Crippen LogP contribution in [0.1, 0.15) is 36.7 Å². The van der Waals surface area contributed by atoms with Crippen molar-refractivity contribution in [3.8, 4) is 0 Å². The van der Waals surface area contributed by atoms with E-state index in [2.05, 4.69) is 33.2 Å². The number of fused-ring (bicyclic) bond motifs is 3. The molecule has 0 aliphatic carbocycles. The summed E-state index contributed by atoms with van der Waals surface area (Å²) >= 11 is 0. The van der Waals surface area contributed by atoms with Gasteiger partial charge in [0.15, 0.2) is 0 Å². The van der Waals surface area contributed by atoms with Crippen LogP contribution in [0.5, 0.6) is 0 Å². The number of rotatable bonds is 9. The van der Waals surface area contributed by atoms with Gasteiger partial charge in [-0.05, 0) is 55.7 Å². The van der Waals surface area contributed by atoms with Gasteiger partial charge in [-0.15, -0.1) is 0 Å². The molecule has 7 heteroatoms. The van der Waals surface area contributed by atoms with Crippen molar-refractivity contribution in [2.75, 3.05) is 0 Å². The van der Waals surface area contributed by atoms with E-state index < -0.39 is 0 Å². The molecule has 0 unspecified atom stereocenters. The van der Waals surface area contributed by atoms with E-state index in [0.29, 0.717) is 0 Å². The van der Waals surface area contributed by atoms with Gasteiger partial charge in [0.2, 0.25) is 0 Å². The maximum Gasteiger partial charge on any atom is 0.107 e. The van der Waals surface area contributed by atoms with E-state index in [1.807, 2.05) is 54.6 Å². The molecule has 6 rings (SSSR count). The molecule has 7 nitrogen and oxygen atoms in total. The molecule has 0 aliphatic rings. The first-order chi connectivity index (χ1) is 17.1. The van der Waals surface area contributed by atoms with Crippen LogP contribution in [0.25, 0.3) is 33.1 Å². The van der Waals surface area contributed by atoms with E-state index in [-0.39, 0.29) is 5.54 Å². The molecule has 0 saturated carbocycles. The molecule has 0 fully saturated rings. The molecule has 3 aromatic heterocycles. The van der Waals surface area contributed by atoms with Crippen molar-refractivity contribution in [1.29, 1.82) is 0 Å². The number of hydrogen-bond acceptors (Lipinski definition) is 4. The zero-order chi connectivity index (χ0) is 23.7. The quantitative estimate of drug-likeness (QED) is 0.236. The molecule has 0 saturated heterocycles. The molecule has 176 valence electrons. The van der Waals surface area contributed by atoms with Gasteiger partial charge in [-0.3, -0.25) is 0 Å². The third-order valence-corrected chi connectivity index (χ3v) is 6.89. The van der Waals surface area contributed by atoms with Crippen LogP contribution in [0.4, 0.5) is 0 Å². The van der Waals surface area contributed by atoms with Crippen molar-refractivity contribution >= 4 is 33.1 Å². The van der Waals surface area contributed by atoms with E-state index in [9.17, 15) is 0 Å². The van der Waals surface area contributed by atoms with Crippen LogP contribution < -0.4 is 5.73 Å². The van der Waals surface area contributed by atoms with Gasteiger partial charge in [-0.25, -0.2) is 15.0 Å². The first kappa shape index (κ1) is 21.6. The smallest absolute Gasteiger partial charge is 0.107 e. The monoisotopic (exact) mass is 463 g/mol. The van der Waals surface area contributed by atoms with Crippen LogP contribution in [0.3, 0.4) is 0 Å². The summed E-state index contributed by atoms with van der Waals surface area (Å²) < 4.78 is 0. The molecule has 3 heterocycles. The Morgan fingerprint density at radius 3 is 1.14 bits per heavy atom. The van der Waals surface area contributed by atoms with Crippen LogP contribution in [-0.2, 0) is 19.3 Å². The zero-order valence-corrected chi connectivity index (χ0v) is 19.6. The zero-order valence-electron chi connectivity index (χ0n) is 19.6. The van der Waals surface area contributed by atoms with Gasteiger partial charge >= 0.3 is 0 Å². The summed E-state index contributed by atoms with van der Waals surface area (Å²) in [6, 6.07) is 24.4. The van der Waals surface area contributed by atoms with Gasteiger partial charge in [0, 0.05) is 24.8 Å². The molecule has 0 aliphatic heterocycles. The number of nitrogens with zero attached hydrogens (tertiary/aromatic N) is 3. The van der Waals surface area contributed by atoms with Gasteiger partial charge in [-0.2, -0.15) is 0 Å². The van der Waals surface area contributed by atoms with Gasteiger partial charge < -0.3 is 20.7 Å². The predicted octanol–water partition coefficient (Wildman–Crippen LogP) is 5.21. The van der Waals surface area contributed by atoms with Gasteiger partial charge in [-0.1, -0.05) is 36.4 Å². The molecule has 5 N–H and O–H groups in total. The van der Waals surface area contributed by atoms with E-state index in [1.54, 1.807) is 0 Å². The number of hydrogen-bond donors (Lipinski definition) is 4. The second-order valence-corrected chi connectivity index (χ2v) is 9.46. The topological polar surface area (TPSA) is 112 Å². The Kier molecular flexibility index (Phi) is 5.54. The van der Waals surface area contributed by atoms with Crippen molar-refractivity contribution in [3.63, 3.8) is 0 Å².